The minimum absolute atomic E-state index is 0.0962. The first-order valence-electron chi connectivity index (χ1n) is 8.92. The molecule has 0 fully saturated rings. The number of nitrogens with zero attached hydrogens (tertiary/aromatic N) is 2. The van der Waals surface area contributed by atoms with Gasteiger partial charge in [-0.2, -0.15) is 0 Å². The minimum Gasteiger partial charge on any atom is -0.478 e. The molecular weight excluding hydrogens is 344 g/mol. The molecule has 6 heteroatoms. The van der Waals surface area contributed by atoms with Crippen LogP contribution in [0, 0.1) is 6.92 Å². The zero-order valence-corrected chi connectivity index (χ0v) is 15.6. The van der Waals surface area contributed by atoms with Gasteiger partial charge in [-0.05, 0) is 44.5 Å². The Morgan fingerprint density at radius 3 is 2.59 bits per heavy atom. The standard InChI is InChI=1S/C21H22N2O4/c1-4-11-23(14(3)19-12-15-7-5-6-8-18(15)27-19)20(24)17-10-9-16(21(25)26)13(2)22-17/h5-10,12,14H,4,11H2,1-3H3,(H,25,26). The van der Waals surface area contributed by atoms with Crippen LogP contribution >= 0.6 is 0 Å². The first-order chi connectivity index (χ1) is 12.9. The van der Waals surface area contributed by atoms with Gasteiger partial charge < -0.3 is 14.4 Å². The number of carbonyl (C=O) groups is 2. The predicted molar refractivity (Wildman–Crippen MR) is 102 cm³/mol. The minimum atomic E-state index is -1.06. The highest BCUT2D eigenvalue weighted by Crippen LogP contribution is 2.28. The maximum Gasteiger partial charge on any atom is 0.337 e. The monoisotopic (exact) mass is 366 g/mol. The summed E-state index contributed by atoms with van der Waals surface area (Å²) >= 11 is 0. The van der Waals surface area contributed by atoms with Gasteiger partial charge in [0, 0.05) is 11.9 Å². The van der Waals surface area contributed by atoms with E-state index in [2.05, 4.69) is 4.98 Å². The summed E-state index contributed by atoms with van der Waals surface area (Å²) in [6.07, 6.45) is 0.780. The molecule has 0 bridgehead atoms. The third-order valence-electron chi connectivity index (χ3n) is 4.58. The molecule has 6 nitrogen and oxygen atoms in total. The fourth-order valence-corrected chi connectivity index (χ4v) is 3.13. The van der Waals surface area contributed by atoms with Gasteiger partial charge in [-0.15, -0.1) is 0 Å². The third kappa shape index (κ3) is 3.69. The Kier molecular flexibility index (Phi) is 5.26. The van der Waals surface area contributed by atoms with E-state index in [0.717, 1.165) is 17.4 Å². The Labute approximate surface area is 157 Å². The van der Waals surface area contributed by atoms with Crippen LogP contribution in [0.5, 0.6) is 0 Å². The number of furan rings is 1. The van der Waals surface area contributed by atoms with E-state index >= 15 is 0 Å². The number of rotatable bonds is 6. The summed E-state index contributed by atoms with van der Waals surface area (Å²) in [7, 11) is 0. The maximum absolute atomic E-state index is 13.1. The number of pyridine rings is 1. The average molecular weight is 366 g/mol. The molecule has 0 aliphatic carbocycles. The number of carboxylic acid groups (broad SMARTS) is 1. The van der Waals surface area contributed by atoms with Crippen LogP contribution in [0.2, 0.25) is 0 Å². The van der Waals surface area contributed by atoms with E-state index in [-0.39, 0.29) is 23.2 Å². The fraction of sp³-hybridized carbons (Fsp3) is 0.286. The molecule has 0 saturated heterocycles. The van der Waals surface area contributed by atoms with Gasteiger partial charge in [0.1, 0.15) is 17.0 Å². The van der Waals surface area contributed by atoms with Crippen LogP contribution in [0.15, 0.2) is 46.9 Å². The number of benzene rings is 1. The second-order valence-corrected chi connectivity index (χ2v) is 6.50. The van der Waals surface area contributed by atoms with E-state index in [0.29, 0.717) is 18.0 Å². The highest BCUT2D eigenvalue weighted by molar-refractivity contribution is 5.94. The van der Waals surface area contributed by atoms with Crippen molar-refractivity contribution in [3.8, 4) is 0 Å². The van der Waals surface area contributed by atoms with Crippen LogP contribution in [0.1, 0.15) is 58.6 Å². The summed E-state index contributed by atoms with van der Waals surface area (Å²) < 4.78 is 5.93. The van der Waals surface area contributed by atoms with E-state index in [4.69, 9.17) is 9.52 Å². The summed E-state index contributed by atoms with van der Waals surface area (Å²) in [4.78, 5) is 30.2. The molecule has 1 N–H and O–H groups in total. The molecule has 3 rings (SSSR count). The second kappa shape index (κ2) is 7.61. The first kappa shape index (κ1) is 18.6. The largest absolute Gasteiger partial charge is 0.478 e. The van der Waals surface area contributed by atoms with Crippen molar-refractivity contribution in [3.63, 3.8) is 0 Å². The molecule has 1 aromatic carbocycles. The summed E-state index contributed by atoms with van der Waals surface area (Å²) in [5.74, 6) is -0.596. The van der Waals surface area contributed by atoms with Gasteiger partial charge in [0.05, 0.1) is 17.3 Å². The van der Waals surface area contributed by atoms with Crippen LogP contribution in [0.25, 0.3) is 11.0 Å². The number of carboxylic acids is 1. The fourth-order valence-electron chi connectivity index (χ4n) is 3.13. The van der Waals surface area contributed by atoms with Crippen LogP contribution in [-0.4, -0.2) is 33.4 Å². The topological polar surface area (TPSA) is 83.6 Å². The number of aryl methyl sites for hydroxylation is 1. The zero-order chi connectivity index (χ0) is 19.6. The molecule has 3 aromatic rings. The Morgan fingerprint density at radius 1 is 1.22 bits per heavy atom. The number of aromatic carboxylic acids is 1. The molecule has 2 aromatic heterocycles. The molecular formula is C21H22N2O4. The summed E-state index contributed by atoms with van der Waals surface area (Å²) in [5.41, 5.74) is 1.43. The molecule has 0 saturated carbocycles. The molecule has 0 radical (unpaired) electrons. The number of para-hydroxylation sites is 1. The molecule has 1 unspecified atom stereocenters. The number of hydrogen-bond donors (Lipinski definition) is 1. The summed E-state index contributed by atoms with van der Waals surface area (Å²) in [6.45, 7) is 6.05. The van der Waals surface area contributed by atoms with Crippen molar-refractivity contribution in [2.24, 2.45) is 0 Å². The van der Waals surface area contributed by atoms with E-state index in [1.54, 1.807) is 11.8 Å². The normalized spacial score (nSPS) is 12.1. The molecule has 140 valence electrons. The lowest BCUT2D eigenvalue weighted by atomic mass is 10.1. The molecule has 0 aliphatic rings. The van der Waals surface area contributed by atoms with Gasteiger partial charge in [0.25, 0.3) is 5.91 Å². The van der Waals surface area contributed by atoms with Crippen molar-refractivity contribution in [2.75, 3.05) is 6.54 Å². The number of aromatic nitrogens is 1. The van der Waals surface area contributed by atoms with Crippen molar-refractivity contribution in [3.05, 3.63) is 65.2 Å². The summed E-state index contributed by atoms with van der Waals surface area (Å²) in [6, 6.07) is 12.3. The van der Waals surface area contributed by atoms with Gasteiger partial charge in [0.15, 0.2) is 0 Å². The average Bonchev–Trinajstić information content (AvgIpc) is 3.09. The zero-order valence-electron chi connectivity index (χ0n) is 15.6. The van der Waals surface area contributed by atoms with Gasteiger partial charge in [-0.3, -0.25) is 4.79 Å². The van der Waals surface area contributed by atoms with Crippen LogP contribution in [-0.2, 0) is 0 Å². The molecule has 0 spiro atoms. The molecule has 0 aliphatic heterocycles. The predicted octanol–water partition coefficient (Wildman–Crippen LogP) is 4.45. The SMILES string of the molecule is CCCN(C(=O)c1ccc(C(=O)O)c(C)n1)C(C)c1cc2ccccc2o1. The Morgan fingerprint density at radius 2 is 1.96 bits per heavy atom. The van der Waals surface area contributed by atoms with E-state index in [1.165, 1.54) is 12.1 Å². The second-order valence-electron chi connectivity index (χ2n) is 6.50. The smallest absolute Gasteiger partial charge is 0.337 e. The highest BCUT2D eigenvalue weighted by atomic mass is 16.4. The Hall–Kier alpha value is -3.15. The number of hydrogen-bond acceptors (Lipinski definition) is 4. The van der Waals surface area contributed by atoms with Crippen molar-refractivity contribution < 1.29 is 19.1 Å². The Bertz CT molecular complexity index is 960. The maximum atomic E-state index is 13.1. The quantitative estimate of drug-likeness (QED) is 0.697. The lowest BCUT2D eigenvalue weighted by Crippen LogP contribution is -2.35. The third-order valence-corrected chi connectivity index (χ3v) is 4.58. The highest BCUT2D eigenvalue weighted by Gasteiger charge is 2.26. The van der Waals surface area contributed by atoms with Crippen molar-refractivity contribution in [1.82, 2.24) is 9.88 Å². The molecule has 27 heavy (non-hydrogen) atoms. The number of carbonyl (C=O) groups excluding carboxylic acids is 1. The van der Waals surface area contributed by atoms with E-state index in [9.17, 15) is 9.59 Å². The lowest BCUT2D eigenvalue weighted by molar-refractivity contribution is 0.0659. The van der Waals surface area contributed by atoms with Gasteiger partial charge in [0.2, 0.25) is 0 Å². The van der Waals surface area contributed by atoms with Crippen molar-refractivity contribution in [2.45, 2.75) is 33.2 Å². The molecule has 2 heterocycles. The van der Waals surface area contributed by atoms with Crippen LogP contribution < -0.4 is 0 Å². The molecule has 1 atom stereocenters. The van der Waals surface area contributed by atoms with Gasteiger partial charge >= 0.3 is 5.97 Å². The number of amides is 1. The Balaban J connectivity index is 1.93. The first-order valence-corrected chi connectivity index (χ1v) is 8.92. The lowest BCUT2D eigenvalue weighted by Gasteiger charge is -2.27. The van der Waals surface area contributed by atoms with E-state index < -0.39 is 5.97 Å². The molecule has 1 amide bonds. The van der Waals surface area contributed by atoms with Crippen LogP contribution in [0.4, 0.5) is 0 Å². The number of fused-ring (bicyclic) bond motifs is 1. The van der Waals surface area contributed by atoms with Crippen molar-refractivity contribution >= 4 is 22.8 Å². The van der Waals surface area contributed by atoms with Crippen molar-refractivity contribution in [1.29, 1.82) is 0 Å². The van der Waals surface area contributed by atoms with Gasteiger partial charge in [-0.1, -0.05) is 25.1 Å². The van der Waals surface area contributed by atoms with Crippen LogP contribution in [0.3, 0.4) is 0 Å². The van der Waals surface area contributed by atoms with E-state index in [1.807, 2.05) is 44.2 Å². The summed E-state index contributed by atoms with van der Waals surface area (Å²) in [5, 5.41) is 10.1. The van der Waals surface area contributed by atoms with Gasteiger partial charge in [-0.25, -0.2) is 9.78 Å².